The van der Waals surface area contributed by atoms with E-state index in [-0.39, 0.29) is 21.5 Å². The summed E-state index contributed by atoms with van der Waals surface area (Å²) in [6.07, 6.45) is 2.65. The Morgan fingerprint density at radius 1 is 1.15 bits per heavy atom. The lowest BCUT2D eigenvalue weighted by Crippen LogP contribution is -2.16. The van der Waals surface area contributed by atoms with Crippen LogP contribution >= 0.6 is 23.2 Å². The lowest BCUT2D eigenvalue weighted by atomic mass is 10.1. The van der Waals surface area contributed by atoms with Gasteiger partial charge in [-0.15, -0.1) is 0 Å². The maximum Gasteiger partial charge on any atom is 0.248 e. The van der Waals surface area contributed by atoms with E-state index in [4.69, 9.17) is 27.9 Å². The van der Waals surface area contributed by atoms with Gasteiger partial charge in [-0.1, -0.05) is 23.2 Å². The number of amidine groups is 1. The first-order valence-corrected chi connectivity index (χ1v) is 9.77. The van der Waals surface area contributed by atoms with E-state index >= 15 is 0 Å². The van der Waals surface area contributed by atoms with Gasteiger partial charge < -0.3 is 4.74 Å². The van der Waals surface area contributed by atoms with E-state index in [0.29, 0.717) is 17.0 Å². The number of sulfone groups is 1. The average molecular weight is 414 g/mol. The lowest BCUT2D eigenvalue weighted by Gasteiger charge is -2.11. The summed E-state index contributed by atoms with van der Waals surface area (Å²) in [5, 5.41) is -0.768. The fourth-order valence-corrected chi connectivity index (χ4v) is 4.22. The topological polar surface area (TPSA) is 98.0 Å². The largest absolute Gasteiger partial charge is 0.496 e. The van der Waals surface area contributed by atoms with Gasteiger partial charge in [-0.3, -0.25) is 9.78 Å². The van der Waals surface area contributed by atoms with Crippen LogP contribution in [0.4, 0.5) is 0 Å². The van der Waals surface area contributed by atoms with Gasteiger partial charge >= 0.3 is 0 Å². The zero-order valence-electron chi connectivity index (χ0n) is 14.0. The fourth-order valence-electron chi connectivity index (χ4n) is 2.60. The molecule has 0 spiro atoms. The summed E-state index contributed by atoms with van der Waals surface area (Å²) in [6.45, 7) is 3.54. The molecule has 136 valence electrons. The average Bonchev–Trinajstić information content (AvgIpc) is 3.01. The minimum atomic E-state index is -3.92. The highest BCUT2D eigenvalue weighted by atomic mass is 35.5. The van der Waals surface area contributed by atoms with Crippen LogP contribution in [0, 0.1) is 13.8 Å². The van der Waals surface area contributed by atoms with Crippen molar-refractivity contribution in [2.45, 2.75) is 19.6 Å². The molecule has 0 unspecified atom stereocenters. The molecule has 0 aromatic carbocycles. The highest BCUT2D eigenvalue weighted by molar-refractivity contribution is 8.05. The van der Waals surface area contributed by atoms with E-state index in [1.54, 1.807) is 13.1 Å². The zero-order chi connectivity index (χ0) is 19.2. The minimum absolute atomic E-state index is 0.0704. The predicted octanol–water partition coefficient (Wildman–Crippen LogP) is 2.59. The third-order valence-corrected chi connectivity index (χ3v) is 6.14. The Hall–Kier alpha value is -2.03. The predicted molar refractivity (Wildman–Crippen MR) is 99.6 cm³/mol. The van der Waals surface area contributed by atoms with Gasteiger partial charge in [0.25, 0.3) is 0 Å². The molecule has 3 rings (SSSR count). The number of rotatable bonds is 3. The number of fused-ring (bicyclic) bond motifs is 1. The fraction of sp³-hybridized carbons (Fsp3) is 0.250. The molecule has 1 aliphatic carbocycles. The summed E-state index contributed by atoms with van der Waals surface area (Å²) in [4.78, 5) is 23.8. The Balaban J connectivity index is 1.99. The van der Waals surface area contributed by atoms with Crippen molar-refractivity contribution in [1.29, 1.82) is 0 Å². The number of aryl methyl sites for hydroxylation is 1. The van der Waals surface area contributed by atoms with Crippen LogP contribution in [0.2, 0.25) is 0 Å². The first-order chi connectivity index (χ1) is 12.2. The van der Waals surface area contributed by atoms with Crippen molar-refractivity contribution >= 4 is 49.7 Å². The first kappa shape index (κ1) is 18.8. The number of pyridine rings is 1. The van der Waals surface area contributed by atoms with Gasteiger partial charge in [-0.2, -0.15) is 0 Å². The van der Waals surface area contributed by atoms with Gasteiger partial charge in [0.2, 0.25) is 20.8 Å². The van der Waals surface area contributed by atoms with Crippen LogP contribution in [-0.4, -0.2) is 37.2 Å². The number of ketones is 1. The standard InChI is InChI=1S/C16H13Cl2N3O4S/c1-7-5-19-10(8(2)15(7)25-3)6-26(23,24)16-20-9-4-11(22)12(17)13(18)14(9)21-16/h4-5H,6H2,1-3H3. The quantitative estimate of drug-likeness (QED) is 0.709. The lowest BCUT2D eigenvalue weighted by molar-refractivity contribution is -0.110. The second-order valence-electron chi connectivity index (χ2n) is 5.68. The molecule has 2 heterocycles. The van der Waals surface area contributed by atoms with E-state index in [2.05, 4.69) is 15.0 Å². The van der Waals surface area contributed by atoms with Crippen LogP contribution in [0.1, 0.15) is 16.8 Å². The number of aliphatic imine (C=N–C) groups is 2. The molecular formula is C16H13Cl2N3O4S. The number of hydrogen-bond donors (Lipinski definition) is 0. The Kier molecular flexibility index (Phi) is 4.76. The van der Waals surface area contributed by atoms with E-state index in [9.17, 15) is 13.2 Å². The molecular weight excluding hydrogens is 401 g/mol. The third kappa shape index (κ3) is 3.08. The number of carbonyl (C=O) groups excluding carboxylic acids is 1. The van der Waals surface area contributed by atoms with Crippen molar-refractivity contribution in [3.8, 4) is 5.75 Å². The number of ether oxygens (including phenoxy) is 1. The summed E-state index contributed by atoms with van der Waals surface area (Å²) in [5.74, 6) is -0.389. The minimum Gasteiger partial charge on any atom is -0.496 e. The molecule has 0 bridgehead atoms. The number of aromatic nitrogens is 1. The number of hydrogen-bond acceptors (Lipinski definition) is 7. The second-order valence-corrected chi connectivity index (χ2v) is 8.32. The van der Waals surface area contributed by atoms with Crippen molar-refractivity contribution in [3.63, 3.8) is 0 Å². The van der Waals surface area contributed by atoms with Crippen LogP contribution < -0.4 is 4.74 Å². The van der Waals surface area contributed by atoms with Gasteiger partial charge in [0.15, 0.2) is 0 Å². The van der Waals surface area contributed by atoms with Gasteiger partial charge in [-0.25, -0.2) is 18.4 Å². The molecule has 1 aromatic heterocycles. The summed E-state index contributed by atoms with van der Waals surface area (Å²) in [7, 11) is -2.42. The number of methoxy groups -OCH3 is 1. The molecule has 0 N–H and O–H groups in total. The van der Waals surface area contributed by atoms with Crippen molar-refractivity contribution in [3.05, 3.63) is 44.9 Å². The van der Waals surface area contributed by atoms with Crippen LogP contribution in [0.25, 0.3) is 0 Å². The molecule has 0 fully saturated rings. The van der Waals surface area contributed by atoms with Gasteiger partial charge in [0.05, 0.1) is 23.5 Å². The number of halogens is 2. The molecule has 1 aliphatic heterocycles. The van der Waals surface area contributed by atoms with Gasteiger partial charge in [0.1, 0.15) is 22.2 Å². The van der Waals surface area contributed by atoms with Crippen molar-refractivity contribution in [2.75, 3.05) is 7.11 Å². The summed E-state index contributed by atoms with van der Waals surface area (Å²) in [6, 6.07) is 0. The van der Waals surface area contributed by atoms with Crippen molar-refractivity contribution in [1.82, 2.24) is 4.98 Å². The Morgan fingerprint density at radius 3 is 2.50 bits per heavy atom. The molecule has 10 heteroatoms. The van der Waals surface area contributed by atoms with E-state index < -0.39 is 26.5 Å². The highest BCUT2D eigenvalue weighted by Crippen LogP contribution is 2.31. The van der Waals surface area contributed by atoms with Crippen LogP contribution in [-0.2, 0) is 20.4 Å². The van der Waals surface area contributed by atoms with E-state index in [1.807, 2.05) is 6.92 Å². The molecule has 2 aliphatic rings. The zero-order valence-corrected chi connectivity index (χ0v) is 16.3. The van der Waals surface area contributed by atoms with E-state index in [0.717, 1.165) is 11.6 Å². The maximum absolute atomic E-state index is 12.7. The normalized spacial score (nSPS) is 17.0. The molecule has 0 radical (unpaired) electrons. The second kappa shape index (κ2) is 6.61. The van der Waals surface area contributed by atoms with Crippen LogP contribution in [0.5, 0.6) is 5.75 Å². The van der Waals surface area contributed by atoms with Gasteiger partial charge in [0, 0.05) is 23.4 Å². The molecule has 0 saturated heterocycles. The summed E-state index contributed by atoms with van der Waals surface area (Å²) < 4.78 is 30.8. The molecule has 26 heavy (non-hydrogen) atoms. The van der Waals surface area contributed by atoms with Crippen LogP contribution in [0.3, 0.4) is 0 Å². The number of carbonyl (C=O) groups is 1. The Morgan fingerprint density at radius 2 is 1.85 bits per heavy atom. The van der Waals surface area contributed by atoms with Crippen molar-refractivity contribution in [2.24, 2.45) is 9.98 Å². The summed E-state index contributed by atoms with van der Waals surface area (Å²) in [5.41, 5.74) is 1.89. The van der Waals surface area contributed by atoms with Crippen molar-refractivity contribution < 1.29 is 17.9 Å². The number of allylic oxidation sites excluding steroid dienone is 3. The van der Waals surface area contributed by atoms with Crippen LogP contribution in [0.15, 0.2) is 38.0 Å². The first-order valence-electron chi connectivity index (χ1n) is 7.37. The molecule has 1 aromatic rings. The Labute approximate surface area is 160 Å². The highest BCUT2D eigenvalue weighted by Gasteiger charge is 2.34. The van der Waals surface area contributed by atoms with Gasteiger partial charge in [-0.05, 0) is 13.8 Å². The molecule has 0 saturated carbocycles. The maximum atomic E-state index is 12.7. The molecule has 0 atom stereocenters. The smallest absolute Gasteiger partial charge is 0.248 e. The van der Waals surface area contributed by atoms with E-state index in [1.165, 1.54) is 7.11 Å². The Bertz CT molecular complexity index is 1070. The SMILES string of the molecule is COc1c(C)cnc(CS(=O)(=O)C2=NC3=CC(=O)C(Cl)=C(Cl)C3=N2)c1C. The number of nitrogens with zero attached hydrogens (tertiary/aromatic N) is 3. The monoisotopic (exact) mass is 413 g/mol. The molecule has 0 amide bonds. The summed E-state index contributed by atoms with van der Waals surface area (Å²) >= 11 is 11.8. The molecule has 7 nitrogen and oxygen atoms in total. The third-order valence-electron chi connectivity index (χ3n) is 3.91.